The van der Waals surface area contributed by atoms with Gasteiger partial charge in [0.15, 0.2) is 0 Å². The van der Waals surface area contributed by atoms with Crippen LogP contribution in [0.25, 0.3) is 10.4 Å². The molecule has 0 saturated carbocycles. The van der Waals surface area contributed by atoms with Gasteiger partial charge in [0.1, 0.15) is 5.82 Å². The summed E-state index contributed by atoms with van der Waals surface area (Å²) in [5.74, 6) is -0.299. The molecule has 96 valence electrons. The number of rotatable bonds is 4. The topological polar surface area (TPSA) is 12.0 Å². The Morgan fingerprint density at radius 2 is 2.11 bits per heavy atom. The van der Waals surface area contributed by atoms with Crippen LogP contribution in [-0.2, 0) is 0 Å². The zero-order chi connectivity index (χ0) is 13.1. The van der Waals surface area contributed by atoms with Gasteiger partial charge in [-0.25, -0.2) is 4.39 Å². The SMILES string of the molecule is CCNC(C)c1ccc(-c2cc(F)cc(Cl)c2)s1. The zero-order valence-corrected chi connectivity index (χ0v) is 11.9. The van der Waals surface area contributed by atoms with Crippen molar-refractivity contribution in [3.63, 3.8) is 0 Å². The van der Waals surface area contributed by atoms with Gasteiger partial charge in [-0.15, -0.1) is 11.3 Å². The van der Waals surface area contributed by atoms with E-state index in [1.807, 2.05) is 6.07 Å². The lowest BCUT2D eigenvalue weighted by atomic mass is 10.2. The molecule has 0 radical (unpaired) electrons. The first-order chi connectivity index (χ1) is 8.60. The molecule has 1 unspecified atom stereocenters. The van der Waals surface area contributed by atoms with E-state index in [0.29, 0.717) is 11.1 Å². The van der Waals surface area contributed by atoms with Gasteiger partial charge in [0.25, 0.3) is 0 Å². The molecule has 0 aliphatic heterocycles. The van der Waals surface area contributed by atoms with E-state index >= 15 is 0 Å². The summed E-state index contributed by atoms with van der Waals surface area (Å²) in [5.41, 5.74) is 0.833. The van der Waals surface area contributed by atoms with Gasteiger partial charge in [0, 0.05) is 20.8 Å². The highest BCUT2D eigenvalue weighted by Crippen LogP contribution is 2.33. The van der Waals surface area contributed by atoms with E-state index in [0.717, 1.165) is 17.0 Å². The third-order valence-corrected chi connectivity index (χ3v) is 4.25. The minimum atomic E-state index is -0.299. The van der Waals surface area contributed by atoms with E-state index in [9.17, 15) is 4.39 Å². The molecule has 0 amide bonds. The van der Waals surface area contributed by atoms with Crippen molar-refractivity contribution in [1.29, 1.82) is 0 Å². The van der Waals surface area contributed by atoms with Crippen LogP contribution in [0, 0.1) is 5.82 Å². The van der Waals surface area contributed by atoms with Crippen LogP contribution < -0.4 is 5.32 Å². The largest absolute Gasteiger partial charge is 0.310 e. The van der Waals surface area contributed by atoms with Crippen molar-refractivity contribution in [3.8, 4) is 10.4 Å². The van der Waals surface area contributed by atoms with E-state index in [1.165, 1.54) is 17.0 Å². The van der Waals surface area contributed by atoms with Crippen LogP contribution in [0.3, 0.4) is 0 Å². The molecule has 2 rings (SSSR count). The Bertz CT molecular complexity index is 518. The molecule has 0 bridgehead atoms. The average molecular weight is 284 g/mol. The van der Waals surface area contributed by atoms with Gasteiger partial charge in [-0.3, -0.25) is 0 Å². The second-order valence-electron chi connectivity index (χ2n) is 4.14. The van der Waals surface area contributed by atoms with Crippen molar-refractivity contribution in [2.45, 2.75) is 19.9 Å². The number of thiophene rings is 1. The molecule has 1 N–H and O–H groups in total. The molecule has 4 heteroatoms. The molecule has 0 fully saturated rings. The van der Waals surface area contributed by atoms with Crippen LogP contribution in [0.1, 0.15) is 24.8 Å². The van der Waals surface area contributed by atoms with E-state index in [1.54, 1.807) is 17.4 Å². The third kappa shape index (κ3) is 3.10. The fraction of sp³-hybridized carbons (Fsp3) is 0.286. The number of hydrogen-bond acceptors (Lipinski definition) is 2. The lowest BCUT2D eigenvalue weighted by Gasteiger charge is -2.09. The normalized spacial score (nSPS) is 12.7. The summed E-state index contributed by atoms with van der Waals surface area (Å²) in [6, 6.07) is 9.03. The van der Waals surface area contributed by atoms with Gasteiger partial charge in [-0.1, -0.05) is 18.5 Å². The van der Waals surface area contributed by atoms with Crippen molar-refractivity contribution >= 4 is 22.9 Å². The predicted octanol–water partition coefficient (Wildman–Crippen LogP) is 4.88. The van der Waals surface area contributed by atoms with Gasteiger partial charge in [-0.2, -0.15) is 0 Å². The molecule has 1 nitrogen and oxygen atoms in total. The quantitative estimate of drug-likeness (QED) is 0.843. The Balaban J connectivity index is 2.29. The number of nitrogens with one attached hydrogen (secondary N) is 1. The fourth-order valence-corrected chi connectivity index (χ4v) is 3.09. The summed E-state index contributed by atoms with van der Waals surface area (Å²) in [6.45, 7) is 5.13. The predicted molar refractivity (Wildman–Crippen MR) is 76.8 cm³/mol. The zero-order valence-electron chi connectivity index (χ0n) is 10.3. The fourth-order valence-electron chi connectivity index (χ4n) is 1.84. The van der Waals surface area contributed by atoms with E-state index in [2.05, 4.69) is 25.2 Å². The summed E-state index contributed by atoms with van der Waals surface area (Å²) >= 11 is 7.54. The van der Waals surface area contributed by atoms with Crippen LogP contribution in [-0.4, -0.2) is 6.54 Å². The molecule has 1 atom stereocenters. The average Bonchev–Trinajstić information content (AvgIpc) is 2.77. The van der Waals surface area contributed by atoms with Crippen molar-refractivity contribution in [2.75, 3.05) is 6.54 Å². The minimum Gasteiger partial charge on any atom is -0.310 e. The maximum Gasteiger partial charge on any atom is 0.125 e. The van der Waals surface area contributed by atoms with Crippen LogP contribution in [0.2, 0.25) is 5.02 Å². The Hall–Kier alpha value is -0.900. The van der Waals surface area contributed by atoms with Crippen LogP contribution in [0.15, 0.2) is 30.3 Å². The van der Waals surface area contributed by atoms with Crippen LogP contribution >= 0.6 is 22.9 Å². The van der Waals surface area contributed by atoms with Crippen molar-refractivity contribution in [3.05, 3.63) is 46.0 Å². The van der Waals surface area contributed by atoms with Gasteiger partial charge < -0.3 is 5.32 Å². The lowest BCUT2D eigenvalue weighted by molar-refractivity contribution is 0.607. The van der Waals surface area contributed by atoms with E-state index < -0.39 is 0 Å². The first-order valence-electron chi connectivity index (χ1n) is 5.89. The van der Waals surface area contributed by atoms with Gasteiger partial charge in [0.05, 0.1) is 0 Å². The number of benzene rings is 1. The summed E-state index contributed by atoms with van der Waals surface area (Å²) in [4.78, 5) is 2.28. The first-order valence-corrected chi connectivity index (χ1v) is 7.09. The Morgan fingerprint density at radius 3 is 2.78 bits per heavy atom. The molecule has 2 aromatic rings. The van der Waals surface area contributed by atoms with Crippen LogP contribution in [0.4, 0.5) is 4.39 Å². The Morgan fingerprint density at radius 1 is 1.33 bits per heavy atom. The maximum atomic E-state index is 13.3. The summed E-state index contributed by atoms with van der Waals surface area (Å²) in [6.07, 6.45) is 0. The van der Waals surface area contributed by atoms with Crippen molar-refractivity contribution < 1.29 is 4.39 Å². The molecule has 0 aliphatic rings. The highest BCUT2D eigenvalue weighted by Gasteiger charge is 2.09. The smallest absolute Gasteiger partial charge is 0.125 e. The van der Waals surface area contributed by atoms with Crippen LogP contribution in [0.5, 0.6) is 0 Å². The summed E-state index contributed by atoms with van der Waals surface area (Å²) in [7, 11) is 0. The number of halogens is 2. The minimum absolute atomic E-state index is 0.299. The van der Waals surface area contributed by atoms with Crippen molar-refractivity contribution in [1.82, 2.24) is 5.32 Å². The van der Waals surface area contributed by atoms with E-state index in [-0.39, 0.29) is 5.82 Å². The molecule has 1 heterocycles. The summed E-state index contributed by atoms with van der Waals surface area (Å²) < 4.78 is 13.3. The molecule has 18 heavy (non-hydrogen) atoms. The molecule has 0 spiro atoms. The first kappa shape index (κ1) is 13.5. The highest BCUT2D eigenvalue weighted by atomic mass is 35.5. The molecule has 1 aromatic heterocycles. The Labute approximate surface area is 116 Å². The second-order valence-corrected chi connectivity index (χ2v) is 5.69. The van der Waals surface area contributed by atoms with Gasteiger partial charge >= 0.3 is 0 Å². The number of hydrogen-bond donors (Lipinski definition) is 1. The molecule has 0 saturated heterocycles. The molecule has 1 aromatic carbocycles. The molecule has 0 aliphatic carbocycles. The second kappa shape index (κ2) is 5.83. The van der Waals surface area contributed by atoms with Crippen molar-refractivity contribution in [2.24, 2.45) is 0 Å². The lowest BCUT2D eigenvalue weighted by Crippen LogP contribution is -2.16. The molecular formula is C14H15ClFNS. The standard InChI is InChI=1S/C14H15ClFNS/c1-3-17-9(2)13-4-5-14(18-13)10-6-11(15)8-12(16)7-10/h4-9,17H,3H2,1-2H3. The van der Waals surface area contributed by atoms with Gasteiger partial charge in [0.2, 0.25) is 0 Å². The molecular weight excluding hydrogens is 269 g/mol. The monoisotopic (exact) mass is 283 g/mol. The maximum absolute atomic E-state index is 13.3. The van der Waals surface area contributed by atoms with E-state index in [4.69, 9.17) is 11.6 Å². The third-order valence-electron chi connectivity index (χ3n) is 2.71. The highest BCUT2D eigenvalue weighted by molar-refractivity contribution is 7.15. The van der Waals surface area contributed by atoms with Gasteiger partial charge in [-0.05, 0) is 49.4 Å². The Kier molecular flexibility index (Phi) is 4.38. The summed E-state index contributed by atoms with van der Waals surface area (Å²) in [5, 5.41) is 3.79.